The number of sulfonamides is 1. The van der Waals surface area contributed by atoms with E-state index in [-0.39, 0.29) is 6.04 Å². The summed E-state index contributed by atoms with van der Waals surface area (Å²) in [5.74, 6) is 0.543. The summed E-state index contributed by atoms with van der Waals surface area (Å²) in [6.45, 7) is 1.64. The summed E-state index contributed by atoms with van der Waals surface area (Å²) in [5, 5.41) is 4.10. The van der Waals surface area contributed by atoms with Gasteiger partial charge in [-0.3, -0.25) is 4.68 Å². The molecule has 1 saturated heterocycles. The van der Waals surface area contributed by atoms with Gasteiger partial charge < -0.3 is 5.73 Å². The Morgan fingerprint density at radius 2 is 2.00 bits per heavy atom. The summed E-state index contributed by atoms with van der Waals surface area (Å²) in [6, 6.07) is 0.190. The number of aromatic nitrogens is 2. The van der Waals surface area contributed by atoms with Crippen LogP contribution in [-0.4, -0.2) is 41.6 Å². The fraction of sp³-hybridized carbons (Fsp3) is 0.786. The van der Waals surface area contributed by atoms with Crippen molar-refractivity contribution < 1.29 is 8.42 Å². The molecular weight excluding hydrogens is 288 g/mol. The normalized spacial score (nSPS) is 27.5. The lowest BCUT2D eigenvalue weighted by Gasteiger charge is -2.42. The number of rotatable bonds is 4. The molecule has 0 aromatic carbocycles. The third-order valence-corrected chi connectivity index (χ3v) is 6.64. The van der Waals surface area contributed by atoms with Crippen molar-refractivity contribution in [2.24, 2.45) is 11.7 Å². The second-order valence-electron chi connectivity index (χ2n) is 6.10. The third-order valence-electron chi connectivity index (χ3n) is 4.77. The molecule has 2 heterocycles. The average Bonchev–Trinajstić information content (AvgIpc) is 2.96. The monoisotopic (exact) mass is 312 g/mol. The molecule has 1 aromatic rings. The maximum Gasteiger partial charge on any atom is 0.246 e. The first-order valence-electron chi connectivity index (χ1n) is 7.87. The van der Waals surface area contributed by atoms with Gasteiger partial charge >= 0.3 is 0 Å². The molecule has 0 radical (unpaired) electrons. The maximum absolute atomic E-state index is 12.9. The number of hydrogen-bond donors (Lipinski definition) is 1. The van der Waals surface area contributed by atoms with Crippen LogP contribution in [0.25, 0.3) is 0 Å². The predicted octanol–water partition coefficient (Wildman–Crippen LogP) is 1.19. The Bertz CT molecular complexity index is 582. The molecule has 0 bridgehead atoms. The molecule has 2 fully saturated rings. The Kier molecular flexibility index (Phi) is 4.33. The predicted molar refractivity (Wildman–Crippen MR) is 80.2 cm³/mol. The molecule has 2 atom stereocenters. The molecular formula is C14H24N4O2S. The van der Waals surface area contributed by atoms with Gasteiger partial charge in [-0.15, -0.1) is 0 Å². The lowest BCUT2D eigenvalue weighted by Crippen LogP contribution is -2.49. The van der Waals surface area contributed by atoms with Crippen molar-refractivity contribution in [3.63, 3.8) is 0 Å². The van der Waals surface area contributed by atoms with Crippen LogP contribution < -0.4 is 5.73 Å². The van der Waals surface area contributed by atoms with E-state index < -0.39 is 10.0 Å². The first-order chi connectivity index (χ1) is 10.1. The first kappa shape index (κ1) is 15.0. The van der Waals surface area contributed by atoms with Crippen molar-refractivity contribution in [2.75, 3.05) is 13.1 Å². The van der Waals surface area contributed by atoms with Gasteiger partial charge in [0.1, 0.15) is 4.90 Å². The molecule has 0 amide bonds. The van der Waals surface area contributed by atoms with Gasteiger partial charge in [0.15, 0.2) is 0 Å². The Labute approximate surface area is 126 Å². The van der Waals surface area contributed by atoms with E-state index in [9.17, 15) is 8.42 Å². The number of hydrogen-bond acceptors (Lipinski definition) is 4. The maximum atomic E-state index is 12.9. The minimum absolute atomic E-state index is 0.190. The fourth-order valence-corrected chi connectivity index (χ4v) is 5.45. The number of nitrogens with zero attached hydrogens (tertiary/aromatic N) is 3. The molecule has 2 unspecified atom stereocenters. The van der Waals surface area contributed by atoms with Crippen molar-refractivity contribution in [2.45, 2.75) is 56.0 Å². The topological polar surface area (TPSA) is 81.2 Å². The zero-order valence-electron chi connectivity index (χ0n) is 12.3. The highest BCUT2D eigenvalue weighted by Crippen LogP contribution is 2.37. The van der Waals surface area contributed by atoms with Gasteiger partial charge in [-0.1, -0.05) is 12.8 Å². The van der Waals surface area contributed by atoms with Crippen molar-refractivity contribution in [3.8, 4) is 0 Å². The zero-order chi connectivity index (χ0) is 14.9. The number of piperidine rings is 1. The second kappa shape index (κ2) is 6.06. The molecule has 2 aliphatic rings. The van der Waals surface area contributed by atoms with Gasteiger partial charge in [-0.2, -0.15) is 9.40 Å². The van der Waals surface area contributed by atoms with Crippen LogP contribution in [0.3, 0.4) is 0 Å². The van der Waals surface area contributed by atoms with E-state index >= 15 is 0 Å². The third kappa shape index (κ3) is 2.86. The van der Waals surface area contributed by atoms with Crippen molar-refractivity contribution >= 4 is 10.0 Å². The standard InChI is InChI=1S/C14H24N4O2S/c15-7-9-17-11-13(10-16-17)21(19,20)18-8-3-5-12-4-1-2-6-14(12)18/h10-12,14H,1-9,15H2. The molecule has 6 nitrogen and oxygen atoms in total. The van der Waals surface area contributed by atoms with E-state index in [1.54, 1.807) is 15.2 Å². The van der Waals surface area contributed by atoms with Crippen LogP contribution in [0, 0.1) is 5.92 Å². The highest BCUT2D eigenvalue weighted by atomic mass is 32.2. The average molecular weight is 312 g/mol. The number of fused-ring (bicyclic) bond motifs is 1. The molecule has 118 valence electrons. The van der Waals surface area contributed by atoms with E-state index in [1.165, 1.54) is 25.5 Å². The van der Waals surface area contributed by atoms with E-state index in [0.717, 1.165) is 19.3 Å². The molecule has 1 aliphatic heterocycles. The SMILES string of the molecule is NCCn1cc(S(=O)(=O)N2CCCC3CCCCC32)cn1. The van der Waals surface area contributed by atoms with Crippen LogP contribution in [0.2, 0.25) is 0 Å². The van der Waals surface area contributed by atoms with E-state index in [1.807, 2.05) is 0 Å². The molecule has 1 aromatic heterocycles. The summed E-state index contributed by atoms with van der Waals surface area (Å²) >= 11 is 0. The van der Waals surface area contributed by atoms with Gasteiger partial charge in [-0.05, 0) is 31.6 Å². The molecule has 3 rings (SSSR count). The Morgan fingerprint density at radius 3 is 2.81 bits per heavy atom. The summed E-state index contributed by atoms with van der Waals surface area (Å²) in [6.07, 6.45) is 9.75. The number of nitrogens with two attached hydrogens (primary N) is 1. The smallest absolute Gasteiger partial charge is 0.246 e. The Balaban J connectivity index is 1.85. The van der Waals surface area contributed by atoms with Gasteiger partial charge in [0.25, 0.3) is 0 Å². The summed E-state index contributed by atoms with van der Waals surface area (Å²) < 4.78 is 29.1. The van der Waals surface area contributed by atoms with Crippen LogP contribution in [0.1, 0.15) is 38.5 Å². The Hall–Kier alpha value is -0.920. The largest absolute Gasteiger partial charge is 0.329 e. The van der Waals surface area contributed by atoms with Crippen LogP contribution in [0.15, 0.2) is 17.3 Å². The van der Waals surface area contributed by atoms with E-state index in [4.69, 9.17) is 5.73 Å². The van der Waals surface area contributed by atoms with Crippen molar-refractivity contribution in [1.82, 2.24) is 14.1 Å². The summed E-state index contributed by atoms with van der Waals surface area (Å²) in [4.78, 5) is 0.308. The van der Waals surface area contributed by atoms with Crippen LogP contribution in [0.5, 0.6) is 0 Å². The van der Waals surface area contributed by atoms with Crippen LogP contribution >= 0.6 is 0 Å². The summed E-state index contributed by atoms with van der Waals surface area (Å²) in [7, 11) is -3.42. The lowest BCUT2D eigenvalue weighted by molar-refractivity contribution is 0.129. The molecule has 7 heteroatoms. The molecule has 1 aliphatic carbocycles. The van der Waals surface area contributed by atoms with Crippen molar-refractivity contribution in [3.05, 3.63) is 12.4 Å². The minimum atomic E-state index is -3.42. The highest BCUT2D eigenvalue weighted by Gasteiger charge is 2.40. The van der Waals surface area contributed by atoms with Crippen molar-refractivity contribution in [1.29, 1.82) is 0 Å². The fourth-order valence-electron chi connectivity index (χ4n) is 3.75. The van der Waals surface area contributed by atoms with Gasteiger partial charge in [0.05, 0.1) is 12.7 Å². The molecule has 1 saturated carbocycles. The Morgan fingerprint density at radius 1 is 1.24 bits per heavy atom. The second-order valence-corrected chi connectivity index (χ2v) is 7.99. The van der Waals surface area contributed by atoms with Crippen LogP contribution in [0.4, 0.5) is 0 Å². The van der Waals surface area contributed by atoms with E-state index in [0.29, 0.717) is 30.4 Å². The van der Waals surface area contributed by atoms with Crippen LogP contribution in [-0.2, 0) is 16.6 Å². The highest BCUT2D eigenvalue weighted by molar-refractivity contribution is 7.89. The van der Waals surface area contributed by atoms with Gasteiger partial charge in [0.2, 0.25) is 10.0 Å². The molecule has 2 N–H and O–H groups in total. The van der Waals surface area contributed by atoms with E-state index in [2.05, 4.69) is 5.10 Å². The minimum Gasteiger partial charge on any atom is -0.329 e. The first-order valence-corrected chi connectivity index (χ1v) is 9.31. The summed E-state index contributed by atoms with van der Waals surface area (Å²) in [5.41, 5.74) is 5.49. The lowest BCUT2D eigenvalue weighted by atomic mass is 9.79. The molecule has 21 heavy (non-hydrogen) atoms. The quantitative estimate of drug-likeness (QED) is 0.905. The zero-order valence-corrected chi connectivity index (χ0v) is 13.1. The van der Waals surface area contributed by atoms with Gasteiger partial charge in [-0.25, -0.2) is 8.42 Å². The molecule has 0 spiro atoms. The van der Waals surface area contributed by atoms with Gasteiger partial charge in [0, 0.05) is 25.3 Å².